The average Bonchev–Trinajstić information content (AvgIpc) is 1.57. The maximum absolute atomic E-state index is 15.5. The first-order valence-corrected chi connectivity index (χ1v) is 39.9. The number of nitrogens with zero attached hydrogens (tertiary/aromatic N) is 15. The lowest BCUT2D eigenvalue weighted by Gasteiger charge is -2.20. The van der Waals surface area contributed by atoms with Gasteiger partial charge in [0.15, 0.2) is 75.6 Å². The zero-order chi connectivity index (χ0) is 82.7. The van der Waals surface area contributed by atoms with Gasteiger partial charge < -0.3 is 9.13 Å². The number of alkyl halides is 3. The molecule has 0 radical (unpaired) electrons. The molecule has 0 saturated carbocycles. The Morgan fingerprint density at radius 3 is 0.789 bits per heavy atom. The number of halogens is 3. The van der Waals surface area contributed by atoms with E-state index in [9.17, 15) is 0 Å². The summed E-state index contributed by atoms with van der Waals surface area (Å²) in [5.74, 6) is 5.65. The van der Waals surface area contributed by atoms with E-state index >= 15 is 13.2 Å². The minimum Gasteiger partial charge on any atom is -0.309 e. The van der Waals surface area contributed by atoms with Crippen LogP contribution in [0.5, 0.6) is 0 Å². The summed E-state index contributed by atoms with van der Waals surface area (Å²) >= 11 is 0. The minimum absolute atomic E-state index is 0.289. The van der Waals surface area contributed by atoms with E-state index in [1.807, 2.05) is 309 Å². The largest absolute Gasteiger partial charge is 0.416 e. The number of rotatable bonds is 16. The van der Waals surface area contributed by atoms with E-state index in [0.717, 1.165) is 94.2 Å². The van der Waals surface area contributed by atoms with Crippen molar-refractivity contribution in [2.24, 2.45) is 0 Å². The molecule has 580 valence electrons. The van der Waals surface area contributed by atoms with Gasteiger partial charge in [-0.3, -0.25) is 0 Å². The van der Waals surface area contributed by atoms with Gasteiger partial charge >= 0.3 is 6.18 Å². The first-order chi connectivity index (χ1) is 60.4. The fourth-order valence-corrected chi connectivity index (χ4v) is 16.1. The Bertz CT molecular complexity index is 7130. The van der Waals surface area contributed by atoms with E-state index in [-0.39, 0.29) is 5.69 Å². The van der Waals surface area contributed by atoms with Crippen LogP contribution in [0.2, 0.25) is 0 Å². The van der Waals surface area contributed by atoms with Crippen molar-refractivity contribution in [3.63, 3.8) is 0 Å². The van der Waals surface area contributed by atoms with Crippen LogP contribution in [0.3, 0.4) is 0 Å². The van der Waals surface area contributed by atoms with Gasteiger partial charge in [-0.05, 0) is 144 Å². The van der Waals surface area contributed by atoms with Gasteiger partial charge in [-0.2, -0.15) is 13.2 Å². The van der Waals surface area contributed by atoms with Crippen molar-refractivity contribution in [1.82, 2.24) is 68.9 Å². The van der Waals surface area contributed by atoms with Crippen molar-refractivity contribution >= 4 is 49.3 Å². The molecule has 0 fully saturated rings. The molecule has 21 aromatic rings. The molecule has 18 heteroatoms. The molecule has 0 bridgehead atoms. The van der Waals surface area contributed by atoms with Gasteiger partial charge in [0.2, 0.25) is 0 Å². The highest BCUT2D eigenvalue weighted by Crippen LogP contribution is 2.47. The lowest BCUT2D eigenvalue weighted by Crippen LogP contribution is -2.06. The van der Waals surface area contributed by atoms with Gasteiger partial charge in [-0.25, -0.2) is 64.7 Å². The predicted octanol–water partition coefficient (Wildman–Crippen LogP) is 25.8. The third-order valence-corrected chi connectivity index (χ3v) is 22.0. The zero-order valence-electron chi connectivity index (χ0n) is 65.6. The normalized spacial score (nSPS) is 11.6. The molecule has 0 amide bonds. The van der Waals surface area contributed by atoms with E-state index in [4.69, 9.17) is 66.4 Å². The molecule has 6 aromatic heterocycles. The summed E-state index contributed by atoms with van der Waals surface area (Å²) in [7, 11) is 0. The Morgan fingerprint density at radius 2 is 0.512 bits per heavy atom. The lowest BCUT2D eigenvalue weighted by atomic mass is 9.90. The van der Waals surface area contributed by atoms with Crippen molar-refractivity contribution in [3.05, 3.63) is 393 Å². The standard InChI is InChI=1S/C105H64F3N15/c1-64-55-77(57-78(56-64)105(106,107)108)81-49-48-80(122-88-50-43-73(101-114-93(65-27-11-3-12-28-65)110-94(115-101)66-29-13-4-14-30-66)58-83(88)84-59-74(44-51-89(84)122)102-116-95(67-31-15-5-16-32-67)111-96(117-102)68-33-17-6-18-34-68)63-82(81)87-62-79(109-2)47-54-92(87)123-90-52-45-75(103-118-97(69-35-19-7-20-36-69)112-98(119-103)70-37-21-8-22-38-70)60-85(90)86-61-76(46-53-91(86)123)104-120-99(71-39-23-9-24-40-71)113-100(121-104)72-41-25-10-26-42-72/h3-63H,1H3. The zero-order valence-corrected chi connectivity index (χ0v) is 65.6. The molecule has 123 heavy (non-hydrogen) atoms. The van der Waals surface area contributed by atoms with Crippen LogP contribution in [0.1, 0.15) is 11.1 Å². The number of aromatic nitrogens is 14. The second kappa shape index (κ2) is 30.9. The number of benzene rings is 15. The molecule has 0 aliphatic carbocycles. The van der Waals surface area contributed by atoms with Crippen molar-refractivity contribution < 1.29 is 13.2 Å². The summed E-state index contributed by atoms with van der Waals surface area (Å²) < 4.78 is 50.9. The minimum atomic E-state index is -4.71. The Hall–Kier alpha value is -16.8. The molecule has 0 aliphatic rings. The Balaban J connectivity index is 0.815. The van der Waals surface area contributed by atoms with Gasteiger partial charge in [0.05, 0.1) is 39.9 Å². The van der Waals surface area contributed by atoms with E-state index in [0.29, 0.717) is 131 Å². The molecular weight excluding hydrogens is 1530 g/mol. The number of aryl methyl sites for hydroxylation is 1. The quantitative estimate of drug-likeness (QED) is 0.0841. The van der Waals surface area contributed by atoms with E-state index in [2.05, 4.69) is 50.4 Å². The van der Waals surface area contributed by atoms with Crippen LogP contribution in [0, 0.1) is 13.5 Å². The highest BCUT2D eigenvalue weighted by Gasteiger charge is 2.32. The van der Waals surface area contributed by atoms with Gasteiger partial charge in [-0.15, -0.1) is 0 Å². The Morgan fingerprint density at radius 1 is 0.236 bits per heavy atom. The van der Waals surface area contributed by atoms with Gasteiger partial charge in [-0.1, -0.05) is 261 Å². The second-order valence-corrected chi connectivity index (χ2v) is 29.9. The molecule has 6 heterocycles. The van der Waals surface area contributed by atoms with Gasteiger partial charge in [0, 0.05) is 94.0 Å². The monoisotopic (exact) mass is 1590 g/mol. The number of hydrogen-bond donors (Lipinski definition) is 0. The van der Waals surface area contributed by atoms with Crippen LogP contribution < -0.4 is 0 Å². The summed E-state index contributed by atoms with van der Waals surface area (Å²) in [5.41, 5.74) is 15.3. The fraction of sp³-hybridized carbons (Fsp3) is 0.0190. The number of hydrogen-bond acceptors (Lipinski definition) is 12. The Kier molecular flexibility index (Phi) is 18.6. The molecular formula is C105H64F3N15. The topological polar surface area (TPSA) is 169 Å². The summed E-state index contributed by atoms with van der Waals surface area (Å²) in [6.07, 6.45) is -4.71. The number of fused-ring (bicyclic) bond motifs is 6. The fourth-order valence-electron chi connectivity index (χ4n) is 16.1. The van der Waals surface area contributed by atoms with Crippen LogP contribution in [0.15, 0.2) is 370 Å². The van der Waals surface area contributed by atoms with Gasteiger partial charge in [0.1, 0.15) is 0 Å². The summed E-state index contributed by atoms with van der Waals surface area (Å²) in [4.78, 5) is 66.0. The second-order valence-electron chi connectivity index (χ2n) is 29.9. The molecule has 0 N–H and O–H groups in total. The highest BCUT2D eigenvalue weighted by molar-refractivity contribution is 6.14. The molecule has 15 nitrogen and oxygen atoms in total. The van der Waals surface area contributed by atoms with Gasteiger partial charge in [0.25, 0.3) is 0 Å². The van der Waals surface area contributed by atoms with Crippen molar-refractivity contribution in [2.45, 2.75) is 13.1 Å². The van der Waals surface area contributed by atoms with E-state index in [1.54, 1.807) is 19.1 Å². The van der Waals surface area contributed by atoms with Crippen molar-refractivity contribution in [2.75, 3.05) is 0 Å². The first kappa shape index (κ1) is 73.8. The summed E-state index contributed by atoms with van der Waals surface area (Å²) in [5, 5.41) is 3.19. The SMILES string of the molecule is [C-]#[N+]c1ccc(-n2c3ccc(-c4nc(-c5ccccc5)nc(-c5ccccc5)n4)cc3c3cc(-c4nc(-c5ccccc5)nc(-c5ccccc5)n4)ccc32)c(-c2cc(-n3c4ccc(-c5nc(-c6ccccc6)nc(-c6ccccc6)n5)cc4c4cc(-c5nc(-c6ccccc6)nc(-c6ccccc6)n5)ccc43)ccc2-c2cc(C)cc(C(F)(F)F)c2)c1. The predicted molar refractivity (Wildman–Crippen MR) is 481 cm³/mol. The highest BCUT2D eigenvalue weighted by atomic mass is 19.4. The molecule has 0 saturated heterocycles. The van der Waals surface area contributed by atoms with Crippen molar-refractivity contribution in [1.29, 1.82) is 0 Å². The van der Waals surface area contributed by atoms with Crippen LogP contribution >= 0.6 is 0 Å². The van der Waals surface area contributed by atoms with Crippen LogP contribution in [0.25, 0.3) is 219 Å². The third kappa shape index (κ3) is 14.2. The summed E-state index contributed by atoms with van der Waals surface area (Å²) in [6, 6.07) is 119. The van der Waals surface area contributed by atoms with Crippen LogP contribution in [0.4, 0.5) is 18.9 Å². The molecule has 0 atom stereocenters. The van der Waals surface area contributed by atoms with Crippen LogP contribution in [-0.2, 0) is 6.18 Å². The molecule has 0 spiro atoms. The first-order valence-electron chi connectivity index (χ1n) is 39.9. The molecule has 21 rings (SSSR count). The smallest absolute Gasteiger partial charge is 0.309 e. The summed E-state index contributed by atoms with van der Waals surface area (Å²) in [6.45, 7) is 10.5. The van der Waals surface area contributed by atoms with Crippen LogP contribution in [-0.4, -0.2) is 68.9 Å². The maximum Gasteiger partial charge on any atom is 0.416 e. The van der Waals surface area contributed by atoms with Crippen molar-refractivity contribution in [3.8, 4) is 170 Å². The third-order valence-electron chi connectivity index (χ3n) is 22.0. The Labute approximate surface area is 703 Å². The average molecular weight is 1590 g/mol. The molecule has 15 aromatic carbocycles. The molecule has 0 aliphatic heterocycles. The van der Waals surface area contributed by atoms with E-state index in [1.165, 1.54) is 6.07 Å². The lowest BCUT2D eigenvalue weighted by molar-refractivity contribution is -0.137. The maximum atomic E-state index is 15.5. The molecule has 0 unspecified atom stereocenters. The van der Waals surface area contributed by atoms with E-state index < -0.39 is 11.7 Å².